The van der Waals surface area contributed by atoms with Gasteiger partial charge in [-0.25, -0.2) is 0 Å². The van der Waals surface area contributed by atoms with Crippen LogP contribution in [0.25, 0.3) is 5.69 Å². The van der Waals surface area contributed by atoms with Crippen molar-refractivity contribution in [2.45, 2.75) is 10.1 Å². The van der Waals surface area contributed by atoms with Crippen LogP contribution >= 0.6 is 11.8 Å². The number of hydrogen-bond acceptors (Lipinski definition) is 5. The van der Waals surface area contributed by atoms with E-state index in [0.29, 0.717) is 0 Å². The molecule has 0 amide bonds. The monoisotopic (exact) mass is 255 g/mol. The second kappa shape index (κ2) is 4.97. The number of para-hydroxylation sites is 1. The highest BCUT2D eigenvalue weighted by Gasteiger charge is 2.09. The predicted molar refractivity (Wildman–Crippen MR) is 67.5 cm³/mol. The minimum atomic E-state index is 0.729. The highest BCUT2D eigenvalue weighted by atomic mass is 32.2. The van der Waals surface area contributed by atoms with Crippen molar-refractivity contribution in [2.24, 2.45) is 0 Å². The van der Waals surface area contributed by atoms with Crippen molar-refractivity contribution in [3.8, 4) is 5.69 Å². The van der Waals surface area contributed by atoms with Crippen molar-refractivity contribution in [3.63, 3.8) is 0 Å². The minimum absolute atomic E-state index is 0.729. The summed E-state index contributed by atoms with van der Waals surface area (Å²) in [5.74, 6) is 0. The van der Waals surface area contributed by atoms with Crippen LogP contribution in [-0.4, -0.2) is 25.2 Å². The topological polar surface area (TPSA) is 56.5 Å². The van der Waals surface area contributed by atoms with Crippen LogP contribution < -0.4 is 0 Å². The highest BCUT2D eigenvalue weighted by Crippen LogP contribution is 2.25. The molecule has 0 spiro atoms. The molecule has 0 saturated carbocycles. The molecule has 2 aromatic heterocycles. The Kier molecular flexibility index (Phi) is 3.01. The van der Waals surface area contributed by atoms with Gasteiger partial charge in [-0.3, -0.25) is 4.98 Å². The molecule has 0 aliphatic heterocycles. The van der Waals surface area contributed by atoms with Crippen molar-refractivity contribution in [2.75, 3.05) is 0 Å². The van der Waals surface area contributed by atoms with Gasteiger partial charge in [0, 0.05) is 17.3 Å². The van der Waals surface area contributed by atoms with E-state index in [4.69, 9.17) is 0 Å². The van der Waals surface area contributed by atoms with Crippen molar-refractivity contribution >= 4 is 11.8 Å². The Hall–Kier alpha value is -2.21. The quantitative estimate of drug-likeness (QED) is 0.718. The van der Waals surface area contributed by atoms with E-state index >= 15 is 0 Å². The Balaban J connectivity index is 1.93. The van der Waals surface area contributed by atoms with Crippen molar-refractivity contribution < 1.29 is 0 Å². The van der Waals surface area contributed by atoms with Crippen molar-refractivity contribution in [3.05, 3.63) is 54.9 Å². The first-order chi connectivity index (χ1) is 8.93. The maximum Gasteiger partial charge on any atom is 0.218 e. The molecular weight excluding hydrogens is 246 g/mol. The summed E-state index contributed by atoms with van der Waals surface area (Å²) >= 11 is 1.50. The molecule has 6 heteroatoms. The molecule has 0 saturated heterocycles. The van der Waals surface area contributed by atoms with Gasteiger partial charge in [0.1, 0.15) is 0 Å². The second-order valence-electron chi connectivity index (χ2n) is 3.49. The van der Waals surface area contributed by atoms with Crippen LogP contribution in [0.4, 0.5) is 0 Å². The maximum absolute atomic E-state index is 4.03. The van der Waals surface area contributed by atoms with Gasteiger partial charge in [-0.2, -0.15) is 4.68 Å². The molecule has 1 aromatic carbocycles. The molecular formula is C12H9N5S. The molecule has 0 N–H and O–H groups in total. The molecule has 0 aliphatic rings. The van der Waals surface area contributed by atoms with E-state index in [1.54, 1.807) is 17.1 Å². The summed E-state index contributed by atoms with van der Waals surface area (Å²) in [4.78, 5) is 5.04. The summed E-state index contributed by atoms with van der Waals surface area (Å²) in [6, 6.07) is 13.7. The molecule has 2 heterocycles. The van der Waals surface area contributed by atoms with Gasteiger partial charge in [-0.1, -0.05) is 18.2 Å². The zero-order valence-electron chi connectivity index (χ0n) is 9.34. The average Bonchev–Trinajstić information content (AvgIpc) is 2.89. The molecule has 0 radical (unpaired) electrons. The first kappa shape index (κ1) is 10.9. The third-order valence-corrected chi connectivity index (χ3v) is 3.25. The summed E-state index contributed by atoms with van der Waals surface area (Å²) in [6.45, 7) is 0. The van der Waals surface area contributed by atoms with E-state index < -0.39 is 0 Å². The zero-order valence-corrected chi connectivity index (χ0v) is 10.2. The van der Waals surface area contributed by atoms with E-state index in [2.05, 4.69) is 20.5 Å². The van der Waals surface area contributed by atoms with Gasteiger partial charge in [0.25, 0.3) is 0 Å². The third kappa shape index (κ3) is 2.23. The summed E-state index contributed by atoms with van der Waals surface area (Å²) < 4.78 is 1.71. The fraction of sp³-hybridized carbons (Fsp3) is 0. The van der Waals surface area contributed by atoms with Gasteiger partial charge in [-0.15, -0.1) is 5.10 Å². The summed E-state index contributed by atoms with van der Waals surface area (Å²) in [5.41, 5.74) is 0.944. The lowest BCUT2D eigenvalue weighted by Gasteiger charge is -2.03. The molecule has 3 aromatic rings. The largest absolute Gasteiger partial charge is 0.265 e. The lowest BCUT2D eigenvalue weighted by molar-refractivity contribution is 0.756. The van der Waals surface area contributed by atoms with Crippen LogP contribution in [0.15, 0.2) is 64.9 Å². The van der Waals surface area contributed by atoms with E-state index in [-0.39, 0.29) is 0 Å². The molecule has 88 valence electrons. The summed E-state index contributed by atoms with van der Waals surface area (Å²) in [6.07, 6.45) is 3.50. The first-order valence-electron chi connectivity index (χ1n) is 5.35. The zero-order chi connectivity index (χ0) is 12.2. The molecule has 0 aliphatic carbocycles. The number of nitrogens with zero attached hydrogens (tertiary/aromatic N) is 5. The lowest BCUT2D eigenvalue weighted by Crippen LogP contribution is -1.98. The molecule has 0 atom stereocenters. The van der Waals surface area contributed by atoms with Crippen LogP contribution in [0.3, 0.4) is 0 Å². The Morgan fingerprint density at radius 1 is 0.944 bits per heavy atom. The number of hydrogen-bond donors (Lipinski definition) is 0. The number of pyridine rings is 1. The smallest absolute Gasteiger partial charge is 0.218 e. The van der Waals surface area contributed by atoms with E-state index in [9.17, 15) is 0 Å². The van der Waals surface area contributed by atoms with Gasteiger partial charge in [-0.05, 0) is 46.5 Å². The Labute approximate surface area is 108 Å². The number of tetrazole rings is 1. The van der Waals surface area contributed by atoms with Crippen molar-refractivity contribution in [1.29, 1.82) is 0 Å². The van der Waals surface area contributed by atoms with Gasteiger partial charge >= 0.3 is 0 Å². The molecule has 3 rings (SSSR count). The highest BCUT2D eigenvalue weighted by molar-refractivity contribution is 7.99. The molecule has 0 fully saturated rings. The maximum atomic E-state index is 4.03. The van der Waals surface area contributed by atoms with Gasteiger partial charge < -0.3 is 0 Å². The van der Waals surface area contributed by atoms with Crippen LogP contribution in [0.2, 0.25) is 0 Å². The Morgan fingerprint density at radius 2 is 1.72 bits per heavy atom. The SMILES string of the molecule is c1ccc(-n2nnnc2Sc2ccncc2)cc1. The standard InChI is InChI=1S/C12H9N5S/c1-2-4-10(5-3-1)17-12(14-15-16-17)18-11-6-8-13-9-7-11/h1-9H. The first-order valence-corrected chi connectivity index (χ1v) is 6.17. The van der Waals surface area contributed by atoms with Crippen LogP contribution in [0.5, 0.6) is 0 Å². The predicted octanol–water partition coefficient (Wildman–Crippen LogP) is 2.21. The van der Waals surface area contributed by atoms with E-state index in [0.717, 1.165) is 15.7 Å². The van der Waals surface area contributed by atoms with E-state index in [1.807, 2.05) is 42.5 Å². The number of benzene rings is 1. The van der Waals surface area contributed by atoms with Gasteiger partial charge in [0.15, 0.2) is 0 Å². The molecule has 0 bridgehead atoms. The average molecular weight is 255 g/mol. The van der Waals surface area contributed by atoms with Gasteiger partial charge in [0.2, 0.25) is 5.16 Å². The number of aromatic nitrogens is 5. The number of rotatable bonds is 3. The Bertz CT molecular complexity index is 623. The summed E-state index contributed by atoms with van der Waals surface area (Å²) in [5, 5.41) is 12.5. The Morgan fingerprint density at radius 3 is 2.50 bits per heavy atom. The van der Waals surface area contributed by atoms with Crippen LogP contribution in [-0.2, 0) is 0 Å². The summed E-state index contributed by atoms with van der Waals surface area (Å²) in [7, 11) is 0. The normalized spacial score (nSPS) is 10.4. The fourth-order valence-corrected chi connectivity index (χ4v) is 2.26. The minimum Gasteiger partial charge on any atom is -0.265 e. The molecule has 5 nitrogen and oxygen atoms in total. The van der Waals surface area contributed by atoms with Crippen LogP contribution in [0.1, 0.15) is 0 Å². The third-order valence-electron chi connectivity index (χ3n) is 2.30. The van der Waals surface area contributed by atoms with E-state index in [1.165, 1.54) is 11.8 Å². The lowest BCUT2D eigenvalue weighted by atomic mass is 10.3. The van der Waals surface area contributed by atoms with Gasteiger partial charge in [0.05, 0.1) is 5.69 Å². The van der Waals surface area contributed by atoms with Crippen molar-refractivity contribution in [1.82, 2.24) is 25.2 Å². The second-order valence-corrected chi connectivity index (χ2v) is 4.53. The molecule has 18 heavy (non-hydrogen) atoms. The molecule has 0 unspecified atom stereocenters. The van der Waals surface area contributed by atoms with Crippen LogP contribution in [0, 0.1) is 0 Å². The fourth-order valence-electron chi connectivity index (χ4n) is 1.49.